The Kier molecular flexibility index (Phi) is 15.4. The van der Waals surface area contributed by atoms with Crippen LogP contribution < -0.4 is 77.2 Å². The van der Waals surface area contributed by atoms with Crippen molar-refractivity contribution in [2.24, 2.45) is 0 Å². The third-order valence-corrected chi connectivity index (χ3v) is 16.5. The summed E-state index contributed by atoms with van der Waals surface area (Å²) in [5.41, 5.74) is 1.76. The van der Waals surface area contributed by atoms with Crippen molar-refractivity contribution < 1.29 is 54.9 Å². The zero-order chi connectivity index (χ0) is 40.4. The van der Waals surface area contributed by atoms with Crippen molar-refractivity contribution in [3.63, 3.8) is 0 Å². The van der Waals surface area contributed by atoms with Crippen LogP contribution in [0.1, 0.15) is 0 Å². The Hall–Kier alpha value is -5.33. The maximum Gasteiger partial charge on any atom is 0.330 e. The number of allylic oxidation sites excluding steroid dienone is 1. The summed E-state index contributed by atoms with van der Waals surface area (Å²) in [5.74, 6) is 3.82. The molecule has 0 aliphatic carbocycles. The van der Waals surface area contributed by atoms with Crippen LogP contribution >= 0.6 is 15.2 Å². The predicted octanol–water partition coefficient (Wildman–Crippen LogP) is 4.19. The molecule has 0 aliphatic heterocycles. The Morgan fingerprint density at radius 2 is 0.983 bits per heavy atom. The van der Waals surface area contributed by atoms with Gasteiger partial charge in [-0.3, -0.25) is 0 Å². The van der Waals surface area contributed by atoms with Gasteiger partial charge in [-0.2, -0.15) is 0 Å². The molecule has 6 aromatic carbocycles. The van der Waals surface area contributed by atoms with Crippen molar-refractivity contribution in [3.05, 3.63) is 146 Å². The molecule has 0 aromatic heterocycles. The number of methoxy groups -OCH3 is 7. The van der Waals surface area contributed by atoms with Crippen LogP contribution in [-0.4, -0.2) is 61.9 Å². The van der Waals surface area contributed by atoms with Gasteiger partial charge in [0, 0.05) is 23.8 Å². The fourth-order valence-electron chi connectivity index (χ4n) is 7.12. The van der Waals surface area contributed by atoms with Gasteiger partial charge in [-0.15, -0.1) is 0 Å². The van der Waals surface area contributed by atoms with Crippen molar-refractivity contribution >= 4 is 53.0 Å². The zero-order valence-electron chi connectivity index (χ0n) is 33.6. The SMILES string of the molecule is COC(=O)/C=C/C[P+](c1cccc(OC)c1)(c1cccc(OC)c1)c1cccc(OC)c1-c1c(OC)cccc1P(c1cccc(OC)c1)c1cccc(OC)c1.[Br-]. The first-order valence-corrected chi connectivity index (χ1v) is 21.5. The smallest absolute Gasteiger partial charge is 0.330 e. The Morgan fingerprint density at radius 3 is 1.47 bits per heavy atom. The normalized spacial score (nSPS) is 11.1. The second-order valence-corrected chi connectivity index (χ2v) is 18.5. The minimum absolute atomic E-state index is 0. The molecule has 0 spiro atoms. The number of hydrogen-bond acceptors (Lipinski definition) is 8. The molecule has 58 heavy (non-hydrogen) atoms. The van der Waals surface area contributed by atoms with Gasteiger partial charge in [-0.05, 0) is 96.6 Å². The van der Waals surface area contributed by atoms with E-state index >= 15 is 0 Å². The van der Waals surface area contributed by atoms with Crippen molar-refractivity contribution in [1.29, 1.82) is 0 Å². The molecule has 0 amide bonds. The summed E-state index contributed by atoms with van der Waals surface area (Å²) in [6.07, 6.45) is 3.85. The van der Waals surface area contributed by atoms with E-state index in [-0.39, 0.29) is 17.0 Å². The highest BCUT2D eigenvalue weighted by Crippen LogP contribution is 2.59. The van der Waals surface area contributed by atoms with E-state index in [1.807, 2.05) is 78.9 Å². The maximum absolute atomic E-state index is 12.7. The molecule has 0 fully saturated rings. The van der Waals surface area contributed by atoms with Gasteiger partial charge in [-0.1, -0.05) is 54.6 Å². The number of carbonyl (C=O) groups excluding carboxylic acids is 1. The van der Waals surface area contributed by atoms with Crippen LogP contribution in [0.4, 0.5) is 0 Å². The minimum atomic E-state index is -2.82. The van der Waals surface area contributed by atoms with Gasteiger partial charge in [0.15, 0.2) is 0 Å². The number of esters is 1. The molecule has 0 radical (unpaired) electrons. The Balaban J connectivity index is 0.00000641. The maximum atomic E-state index is 12.7. The second-order valence-electron chi connectivity index (χ2n) is 12.8. The average molecular weight is 882 g/mol. The van der Waals surface area contributed by atoms with Gasteiger partial charge in [-0.25, -0.2) is 4.79 Å². The van der Waals surface area contributed by atoms with E-state index in [1.54, 1.807) is 42.7 Å². The predicted molar refractivity (Wildman–Crippen MR) is 235 cm³/mol. The fraction of sp³-hybridized carbons (Fsp3) is 0.170. The van der Waals surface area contributed by atoms with E-state index in [9.17, 15) is 4.79 Å². The van der Waals surface area contributed by atoms with E-state index in [1.165, 1.54) is 13.2 Å². The lowest BCUT2D eigenvalue weighted by molar-refractivity contribution is -0.134. The highest BCUT2D eigenvalue weighted by atomic mass is 79.9. The summed E-state index contributed by atoms with van der Waals surface area (Å²) in [5, 5.41) is 6.25. The van der Waals surface area contributed by atoms with Gasteiger partial charge in [0.1, 0.15) is 57.7 Å². The lowest BCUT2D eigenvalue weighted by atomic mass is 10.0. The molecule has 8 nitrogen and oxygen atoms in total. The first kappa shape index (κ1) is 43.8. The molecule has 6 rings (SSSR count). The van der Waals surface area contributed by atoms with Gasteiger partial charge >= 0.3 is 5.97 Å². The fourth-order valence-corrected chi connectivity index (χ4v) is 13.9. The number of halogens is 1. The van der Waals surface area contributed by atoms with Crippen LogP contribution in [0, 0.1) is 0 Å². The van der Waals surface area contributed by atoms with Crippen LogP contribution in [0.15, 0.2) is 146 Å². The van der Waals surface area contributed by atoms with Gasteiger partial charge in [0.2, 0.25) is 0 Å². The molecule has 300 valence electrons. The highest BCUT2D eigenvalue weighted by molar-refractivity contribution is 7.96. The third-order valence-electron chi connectivity index (χ3n) is 9.80. The van der Waals surface area contributed by atoms with Crippen LogP contribution in [0.25, 0.3) is 11.1 Å². The quantitative estimate of drug-likeness (QED) is 0.0815. The van der Waals surface area contributed by atoms with Crippen molar-refractivity contribution in [2.75, 3.05) is 55.9 Å². The molecule has 11 heteroatoms. The molecular formula is C47H47BrO8P2. The van der Waals surface area contributed by atoms with Crippen molar-refractivity contribution in [1.82, 2.24) is 0 Å². The summed E-state index contributed by atoms with van der Waals surface area (Å²) in [4.78, 5) is 12.7. The summed E-state index contributed by atoms with van der Waals surface area (Å²) in [7, 11) is 7.38. The largest absolute Gasteiger partial charge is 1.00 e. The molecule has 0 saturated carbocycles. The molecule has 0 atom stereocenters. The van der Waals surface area contributed by atoms with E-state index in [2.05, 4.69) is 60.7 Å². The monoisotopic (exact) mass is 880 g/mol. The number of benzene rings is 6. The summed E-state index contributed by atoms with van der Waals surface area (Å²) < 4.78 is 41.0. The average Bonchev–Trinajstić information content (AvgIpc) is 3.27. The molecule has 6 aromatic rings. The minimum Gasteiger partial charge on any atom is -1.00 e. The lowest BCUT2D eigenvalue weighted by Crippen LogP contribution is -3.00. The standard InChI is InChI=1S/C47H47O8P2.BrH/c1-49-33-15-8-19-37(29-33)56(38-20-9-16-34(30-38)50-2)43-25-12-23-41(53-5)46(43)47-42(54-6)24-13-26-44(47)57(28-14-27-45(48)55-7,39-21-10-17-35(31-39)51-3)40-22-11-18-36(32-40)52-4;/h8-27,29-32H,28H2,1-7H3;1H/q+1;/p-1/b27-14+;. The molecule has 0 aliphatic rings. The van der Waals surface area contributed by atoms with E-state index in [0.717, 1.165) is 54.5 Å². The first-order chi connectivity index (χ1) is 27.8. The Labute approximate surface area is 353 Å². The van der Waals surface area contributed by atoms with Crippen molar-refractivity contribution in [2.45, 2.75) is 0 Å². The van der Waals surface area contributed by atoms with Crippen molar-refractivity contribution in [3.8, 4) is 45.6 Å². The van der Waals surface area contributed by atoms with Gasteiger partial charge in [0.25, 0.3) is 0 Å². The van der Waals surface area contributed by atoms with Crippen LogP contribution in [0.5, 0.6) is 34.5 Å². The van der Waals surface area contributed by atoms with E-state index in [0.29, 0.717) is 29.2 Å². The summed E-state index contributed by atoms with van der Waals surface area (Å²) >= 11 is 0. The van der Waals surface area contributed by atoms with Gasteiger partial charge in [0.05, 0.1) is 61.5 Å². The van der Waals surface area contributed by atoms with E-state index in [4.69, 9.17) is 33.2 Å². The van der Waals surface area contributed by atoms with E-state index < -0.39 is 21.2 Å². The number of hydrogen-bond donors (Lipinski definition) is 0. The number of carbonyl (C=O) groups is 1. The molecule has 0 bridgehead atoms. The highest BCUT2D eigenvalue weighted by Gasteiger charge is 2.48. The second kappa shape index (κ2) is 20.4. The Bertz CT molecular complexity index is 2270. The lowest BCUT2D eigenvalue weighted by Gasteiger charge is -2.31. The summed E-state index contributed by atoms with van der Waals surface area (Å²) in [6.45, 7) is 0. The third kappa shape index (κ3) is 9.03. The summed E-state index contributed by atoms with van der Waals surface area (Å²) in [6, 6.07) is 45.2. The van der Waals surface area contributed by atoms with Crippen LogP contribution in [-0.2, 0) is 9.53 Å². The first-order valence-electron chi connectivity index (χ1n) is 18.2. The number of rotatable bonds is 16. The van der Waals surface area contributed by atoms with Crippen LogP contribution in [0.3, 0.4) is 0 Å². The number of ether oxygens (including phenoxy) is 7. The Morgan fingerprint density at radius 1 is 0.534 bits per heavy atom. The van der Waals surface area contributed by atoms with Crippen LogP contribution in [0.2, 0.25) is 0 Å². The molecule has 0 saturated heterocycles. The zero-order valence-corrected chi connectivity index (χ0v) is 37.0. The molecule has 0 heterocycles. The van der Waals surface area contributed by atoms with Gasteiger partial charge < -0.3 is 50.1 Å². The molecule has 0 unspecified atom stereocenters. The molecule has 0 N–H and O–H groups in total. The topological polar surface area (TPSA) is 81.7 Å². The molecular weight excluding hydrogens is 834 g/mol.